The zero-order valence-corrected chi connectivity index (χ0v) is 33.0. The van der Waals surface area contributed by atoms with Crippen molar-refractivity contribution in [2.45, 2.75) is 63.9 Å². The summed E-state index contributed by atoms with van der Waals surface area (Å²) in [6, 6.07) is 40.4. The molecule has 6 aliphatic carbocycles. The molecule has 16 heterocycles. The minimum atomic E-state index is -0.901. The van der Waals surface area contributed by atoms with E-state index < -0.39 is 23.8 Å². The van der Waals surface area contributed by atoms with Gasteiger partial charge in [0.2, 0.25) is 0 Å². The third-order valence-corrected chi connectivity index (χ3v) is 13.1. The number of hydrogen-bond acceptors (Lipinski definition) is 6. The van der Waals surface area contributed by atoms with Crippen LogP contribution in [0.15, 0.2) is 144 Å². The van der Waals surface area contributed by atoms with E-state index in [1.807, 2.05) is 111 Å². The molecule has 296 valence electrons. The Bertz CT molecular complexity index is 2670. The second-order valence-corrected chi connectivity index (χ2v) is 16.5. The van der Waals surface area contributed by atoms with Crippen molar-refractivity contribution in [3.63, 3.8) is 0 Å². The highest BCUT2D eigenvalue weighted by Crippen LogP contribution is 2.58. The summed E-state index contributed by atoms with van der Waals surface area (Å²) in [7, 11) is 0. The Balaban J connectivity index is 0.934. The van der Waals surface area contributed by atoms with E-state index in [1.165, 1.54) is 0 Å². The summed E-state index contributed by atoms with van der Waals surface area (Å²) in [5.41, 5.74) is 14.8. The maximum Gasteiger partial charge on any atom is 0.332 e. The molecule has 0 fully saturated rings. The maximum absolute atomic E-state index is 12.7. The largest absolute Gasteiger partial charge is 0.489 e. The summed E-state index contributed by atoms with van der Waals surface area (Å²) in [5, 5.41) is 20.9. The average Bonchev–Trinajstić information content (AvgIpc) is 3.26. The lowest BCUT2D eigenvalue weighted by atomic mass is 9.61. The lowest BCUT2D eigenvalue weighted by Crippen LogP contribution is -2.30. The predicted molar refractivity (Wildman–Crippen MR) is 224 cm³/mol. The van der Waals surface area contributed by atoms with Crippen LogP contribution in [0.5, 0.6) is 23.0 Å². The minimum Gasteiger partial charge on any atom is -0.489 e. The summed E-state index contributed by atoms with van der Waals surface area (Å²) in [5.74, 6) is -0.212. The van der Waals surface area contributed by atoms with Gasteiger partial charge in [0.15, 0.2) is 0 Å². The van der Waals surface area contributed by atoms with Crippen LogP contribution in [0.25, 0.3) is 0 Å². The van der Waals surface area contributed by atoms with Gasteiger partial charge < -0.3 is 29.2 Å². The molecule has 2 unspecified atom stereocenters. The number of ether oxygens (including phenoxy) is 4. The van der Waals surface area contributed by atoms with Crippen molar-refractivity contribution in [1.29, 1.82) is 0 Å². The van der Waals surface area contributed by atoms with Gasteiger partial charge in [-0.15, -0.1) is 0 Å². The van der Waals surface area contributed by atoms with Gasteiger partial charge in [0.25, 0.3) is 0 Å². The van der Waals surface area contributed by atoms with Crippen LogP contribution in [0, 0.1) is 0 Å². The van der Waals surface area contributed by atoms with Crippen LogP contribution in [-0.4, -0.2) is 22.2 Å². The zero-order valence-electron chi connectivity index (χ0n) is 33.0. The Labute approximate surface area is 347 Å². The molecule has 20 bridgehead atoms. The fourth-order valence-corrected chi connectivity index (χ4v) is 10.3. The Morgan fingerprint density at radius 1 is 0.383 bits per heavy atom. The molecule has 0 amide bonds. The molecule has 0 radical (unpaired) electrons. The predicted octanol–water partition coefficient (Wildman–Crippen LogP) is 10.3. The van der Waals surface area contributed by atoms with E-state index in [9.17, 15) is 19.8 Å². The molecule has 4 atom stereocenters. The lowest BCUT2D eigenvalue weighted by molar-refractivity contribution is -0.134. The molecule has 0 spiro atoms. The third-order valence-electron chi connectivity index (χ3n) is 13.1. The molecule has 2 N–H and O–H groups in total. The maximum atomic E-state index is 12.7. The van der Waals surface area contributed by atoms with Gasteiger partial charge in [0, 0.05) is 34.8 Å². The van der Waals surface area contributed by atoms with Gasteiger partial charge >= 0.3 is 11.9 Å². The first-order chi connectivity index (χ1) is 29.2. The molecule has 8 nitrogen and oxygen atoms in total. The van der Waals surface area contributed by atoms with Gasteiger partial charge in [-0.05, 0) is 140 Å². The van der Waals surface area contributed by atoms with Crippen molar-refractivity contribution in [3.05, 3.63) is 210 Å². The third kappa shape index (κ3) is 5.73. The van der Waals surface area contributed by atoms with E-state index in [-0.39, 0.29) is 11.8 Å². The highest BCUT2D eigenvalue weighted by Gasteiger charge is 2.46. The van der Waals surface area contributed by atoms with E-state index in [4.69, 9.17) is 18.9 Å². The first-order valence-electron chi connectivity index (χ1n) is 20.3. The van der Waals surface area contributed by atoms with Gasteiger partial charge in [-0.2, -0.15) is 0 Å². The summed E-state index contributed by atoms with van der Waals surface area (Å²) < 4.78 is 25.3. The van der Waals surface area contributed by atoms with Crippen LogP contribution in [0.3, 0.4) is 0 Å². The number of benzene rings is 6. The SMILES string of the molecule is CC1=C(C(=O)O)[C@H]2c3ccc4cc3C1c1ccc(cc12)OCc1ccc(cc1)COc1ccc2c(c1)C1C(C(=O)O)=C(C)[C@@H]2c2cc(ccc21)OCc1ccc(cc1)CO4. The molecule has 22 aliphatic rings. The van der Waals surface area contributed by atoms with E-state index in [2.05, 4.69) is 24.3 Å². The van der Waals surface area contributed by atoms with Crippen molar-refractivity contribution in [2.75, 3.05) is 0 Å². The van der Waals surface area contributed by atoms with Crippen molar-refractivity contribution >= 4 is 11.9 Å². The number of carboxylic acids is 2. The fourth-order valence-electron chi connectivity index (χ4n) is 10.3. The van der Waals surface area contributed by atoms with Crippen LogP contribution < -0.4 is 18.9 Å². The quantitative estimate of drug-likeness (QED) is 0.178. The van der Waals surface area contributed by atoms with Crippen LogP contribution >= 0.6 is 0 Å². The summed E-state index contributed by atoms with van der Waals surface area (Å²) in [6.45, 7) is 5.31. The Morgan fingerprint density at radius 2 is 0.633 bits per heavy atom. The molecule has 8 heteroatoms. The molecule has 28 rings (SSSR count). The average molecular weight is 793 g/mol. The number of allylic oxidation sites excluding steroid dienone is 2. The first kappa shape index (κ1) is 36.1. The van der Waals surface area contributed by atoms with Crippen LogP contribution in [0.4, 0.5) is 0 Å². The Kier molecular flexibility index (Phi) is 8.27. The normalized spacial score (nSPS) is 20.6. The van der Waals surface area contributed by atoms with Gasteiger partial charge in [0.05, 0.1) is 0 Å². The van der Waals surface area contributed by atoms with Crippen molar-refractivity contribution in [2.24, 2.45) is 0 Å². The number of aliphatic carboxylic acids is 2. The number of rotatable bonds is 2. The molecular formula is C52H40O8. The monoisotopic (exact) mass is 792 g/mol. The van der Waals surface area contributed by atoms with Gasteiger partial charge in [0.1, 0.15) is 49.4 Å². The highest BCUT2D eigenvalue weighted by molar-refractivity contribution is 5.95. The Morgan fingerprint density at radius 3 is 0.900 bits per heavy atom. The molecule has 0 saturated heterocycles. The van der Waals surface area contributed by atoms with Crippen LogP contribution in [-0.2, 0) is 36.0 Å². The van der Waals surface area contributed by atoms with E-state index in [0.29, 0.717) is 49.1 Å². The van der Waals surface area contributed by atoms with Crippen molar-refractivity contribution in [1.82, 2.24) is 0 Å². The molecule has 0 aromatic heterocycles. The molecular weight excluding hydrogens is 753 g/mol. The van der Waals surface area contributed by atoms with Gasteiger partial charge in [-0.3, -0.25) is 0 Å². The molecule has 16 aliphatic heterocycles. The molecule has 6 aromatic carbocycles. The molecule has 6 aromatic rings. The molecule has 60 heavy (non-hydrogen) atoms. The second-order valence-electron chi connectivity index (χ2n) is 16.5. The fraction of sp³-hybridized carbons (Fsp3) is 0.192. The number of carbonyl (C=O) groups is 2. The zero-order chi connectivity index (χ0) is 40.8. The molecule has 0 saturated carbocycles. The van der Waals surface area contributed by atoms with Gasteiger partial charge in [-0.25, -0.2) is 9.59 Å². The first-order valence-corrected chi connectivity index (χ1v) is 20.3. The van der Waals surface area contributed by atoms with Gasteiger partial charge in [-0.1, -0.05) is 72.8 Å². The van der Waals surface area contributed by atoms with E-state index in [0.717, 1.165) is 89.4 Å². The van der Waals surface area contributed by atoms with Crippen molar-refractivity contribution < 1.29 is 38.7 Å². The second kappa shape index (κ2) is 13.8. The minimum absolute atomic E-state index is 0.199. The number of hydrogen-bond donors (Lipinski definition) is 2. The summed E-state index contributed by atoms with van der Waals surface area (Å²) >= 11 is 0. The topological polar surface area (TPSA) is 112 Å². The smallest absolute Gasteiger partial charge is 0.332 e. The summed E-state index contributed by atoms with van der Waals surface area (Å²) in [6.07, 6.45) is 0. The van der Waals surface area contributed by atoms with Crippen LogP contribution in [0.1, 0.15) is 104 Å². The highest BCUT2D eigenvalue weighted by atomic mass is 16.5. The summed E-state index contributed by atoms with van der Waals surface area (Å²) in [4.78, 5) is 25.5. The lowest BCUT2D eigenvalue weighted by Gasteiger charge is -2.41. The standard InChI is InChI=1S/C52H40O8/c1-27-45-37-15-11-35-21-43(37)49(47(27)51(53)54)39-17-13-33(19-41(39)45)57-23-29-3-5-30(6-4-29)24-58-34-14-18-40-42(20-34)46-28(2)48(52(55)56)50(40)44-22-36(12-16-38(44)46)60-26-32-9-7-31(8-10-32)25-59-35/h3-22,45-46,49-50H,23-26H2,1-2H3,(H,53,54)(H,55,56)/t45-,46?,49?,50-/m0/s1. The van der Waals surface area contributed by atoms with Crippen molar-refractivity contribution in [3.8, 4) is 23.0 Å². The van der Waals surface area contributed by atoms with E-state index in [1.54, 1.807) is 0 Å². The van der Waals surface area contributed by atoms with E-state index >= 15 is 0 Å². The number of carboxylic acid groups (broad SMARTS) is 2. The Hall–Kier alpha value is -7.06. The van der Waals surface area contributed by atoms with Crippen LogP contribution in [0.2, 0.25) is 0 Å².